The first-order chi connectivity index (χ1) is 36.8. The van der Waals surface area contributed by atoms with E-state index in [1.165, 1.54) is 18.9 Å². The summed E-state index contributed by atoms with van der Waals surface area (Å²) in [5, 5.41) is 4.75. The highest BCUT2D eigenvalue weighted by atomic mass is 35.6. The number of nitrogens with one attached hydrogen (secondary N) is 1. The second-order valence-corrected chi connectivity index (χ2v) is 21.4. The van der Waals surface area contributed by atoms with Crippen molar-refractivity contribution in [2.24, 2.45) is 0 Å². The molecule has 400 valence electrons. The van der Waals surface area contributed by atoms with Crippen LogP contribution in [0.3, 0.4) is 0 Å². The van der Waals surface area contributed by atoms with Crippen LogP contribution >= 0.6 is 58.2 Å². The fourth-order valence-electron chi connectivity index (χ4n) is 8.54. The zero-order valence-corrected chi connectivity index (χ0v) is 44.6. The number of halogens is 4. The molecule has 2 saturated heterocycles. The third-order valence-corrected chi connectivity index (χ3v) is 13.8. The summed E-state index contributed by atoms with van der Waals surface area (Å²) < 4.78 is 61.5. The summed E-state index contributed by atoms with van der Waals surface area (Å²) in [6.45, 7) is -1.06. The van der Waals surface area contributed by atoms with E-state index in [0.717, 1.165) is 21.9 Å². The molecule has 1 amide bonds. The molecule has 2 aliphatic heterocycles. The van der Waals surface area contributed by atoms with Gasteiger partial charge in [0.25, 0.3) is 0 Å². The minimum Gasteiger partial charge on any atom is -0.467 e. The molecule has 0 unspecified atom stereocenters. The molecule has 0 aliphatic carbocycles. The molecule has 0 radical (unpaired) electrons. The Labute approximate surface area is 463 Å². The molecule has 6 aromatic carbocycles. The average Bonchev–Trinajstić information content (AvgIpc) is 3.49. The Kier molecular flexibility index (Phi) is 20.7. The van der Waals surface area contributed by atoms with Gasteiger partial charge in [-0.1, -0.05) is 180 Å². The predicted molar refractivity (Wildman–Crippen MR) is 285 cm³/mol. The summed E-state index contributed by atoms with van der Waals surface area (Å²) in [5.41, 5.74) is 1.32. The van der Waals surface area contributed by atoms with Crippen molar-refractivity contribution in [3.05, 3.63) is 186 Å². The van der Waals surface area contributed by atoms with Gasteiger partial charge in [-0.15, -0.1) is 11.6 Å². The van der Waals surface area contributed by atoms with Crippen molar-refractivity contribution < 1.29 is 66.5 Å². The Balaban J connectivity index is 1.23. The highest BCUT2D eigenvalue weighted by molar-refractivity contribution is 7.99. The van der Waals surface area contributed by atoms with Crippen LogP contribution in [0, 0.1) is 0 Å². The molecule has 1 N–H and O–H groups in total. The standard InChI is InChI=1S/C56H53Cl4NO14S/c1-66-52(64)49-48(47(69-32-36-18-8-3-9-19-36)50(73-51(63)39-21-10-4-11-22-39)54(75-49)76-41-24-12-5-13-25-41)74-53-44(61-55(65)70-34-56(58,59)60)46(68-31-35-16-6-2-7-17-35)45(72-43(62)29-57)42(71-53)33-67-30-37-26-27-38-20-14-15-23-40(38)28-37/h2-28,42,44-50,53-54H,29-34H2,1H3,(H,61,65)/t42-,44-,45-,46-,47+,48+,49+,50-,53-,54+/m1/s1. The van der Waals surface area contributed by atoms with E-state index in [0.29, 0.717) is 10.5 Å². The number of carbonyl (C=O) groups is 4. The monoisotopic (exact) mass is 1140 g/mol. The maximum atomic E-state index is 14.3. The summed E-state index contributed by atoms with van der Waals surface area (Å²) in [4.78, 5) is 56.5. The van der Waals surface area contributed by atoms with Gasteiger partial charge in [0.1, 0.15) is 48.4 Å². The number of fused-ring (bicyclic) bond motifs is 1. The summed E-state index contributed by atoms with van der Waals surface area (Å²) in [7, 11) is 1.18. The van der Waals surface area contributed by atoms with Crippen molar-refractivity contribution >= 4 is 92.9 Å². The number of rotatable bonds is 21. The zero-order chi connectivity index (χ0) is 53.4. The molecule has 0 saturated carbocycles. The molecule has 15 nitrogen and oxygen atoms in total. The Morgan fingerprint density at radius 3 is 1.87 bits per heavy atom. The highest BCUT2D eigenvalue weighted by Gasteiger charge is 2.57. The molecular weight excluding hydrogens is 1080 g/mol. The third-order valence-electron chi connectivity index (χ3n) is 12.1. The Hall–Kier alpha value is -5.47. The van der Waals surface area contributed by atoms with Crippen molar-refractivity contribution in [3.8, 4) is 0 Å². The number of carbonyl (C=O) groups excluding carboxylic acids is 4. The van der Waals surface area contributed by atoms with E-state index >= 15 is 0 Å². The van der Waals surface area contributed by atoms with Crippen LogP contribution in [0.2, 0.25) is 0 Å². The minimum atomic E-state index is -2.03. The molecular formula is C56H53Cl4NO14S. The Morgan fingerprint density at radius 2 is 1.24 bits per heavy atom. The predicted octanol–water partition coefficient (Wildman–Crippen LogP) is 10.2. The van der Waals surface area contributed by atoms with Gasteiger partial charge >= 0.3 is 24.0 Å². The average molecular weight is 1140 g/mol. The van der Waals surface area contributed by atoms with Crippen LogP contribution in [-0.2, 0) is 76.8 Å². The summed E-state index contributed by atoms with van der Waals surface area (Å²) in [6, 6.07) is 47.9. The van der Waals surface area contributed by atoms with Gasteiger partial charge in [0.05, 0.1) is 39.1 Å². The van der Waals surface area contributed by atoms with Crippen molar-refractivity contribution in [3.63, 3.8) is 0 Å². The first kappa shape index (κ1) is 56.7. The van der Waals surface area contributed by atoms with Gasteiger partial charge in [0.2, 0.25) is 3.79 Å². The first-order valence-corrected chi connectivity index (χ1v) is 26.5. The normalized spacial score (nSPS) is 23.5. The van der Waals surface area contributed by atoms with Crippen molar-refractivity contribution in [1.82, 2.24) is 5.32 Å². The second kappa shape index (κ2) is 27.7. The summed E-state index contributed by atoms with van der Waals surface area (Å²) >= 11 is 25.3. The number of thioether (sulfide) groups is 1. The second-order valence-electron chi connectivity index (χ2n) is 17.4. The number of alkyl halides is 4. The fraction of sp³-hybridized carbons (Fsp3) is 0.321. The molecule has 0 aromatic heterocycles. The number of amides is 1. The van der Waals surface area contributed by atoms with Crippen molar-refractivity contribution in [1.29, 1.82) is 0 Å². The lowest BCUT2D eigenvalue weighted by Crippen LogP contribution is -2.69. The van der Waals surface area contributed by atoms with Gasteiger partial charge in [-0.25, -0.2) is 14.4 Å². The molecule has 20 heteroatoms. The molecule has 76 heavy (non-hydrogen) atoms. The van der Waals surface area contributed by atoms with Gasteiger partial charge in [-0.2, -0.15) is 0 Å². The van der Waals surface area contributed by atoms with Gasteiger partial charge < -0.3 is 52.7 Å². The first-order valence-electron chi connectivity index (χ1n) is 24.0. The molecule has 0 spiro atoms. The number of benzene rings is 6. The number of esters is 3. The number of ether oxygens (including phenoxy) is 10. The van der Waals surface area contributed by atoms with Gasteiger partial charge in [-0.3, -0.25) is 4.79 Å². The number of hydrogen-bond donors (Lipinski definition) is 1. The number of methoxy groups -OCH3 is 1. The van der Waals surface area contributed by atoms with Crippen LogP contribution in [-0.4, -0.2) is 114 Å². The quantitative estimate of drug-likeness (QED) is 0.0410. The fourth-order valence-corrected chi connectivity index (χ4v) is 9.87. The van der Waals surface area contributed by atoms with Crippen LogP contribution in [0.5, 0.6) is 0 Å². The molecule has 2 heterocycles. The van der Waals surface area contributed by atoms with Crippen molar-refractivity contribution in [2.75, 3.05) is 26.2 Å². The lowest BCUT2D eigenvalue weighted by molar-refractivity contribution is -0.323. The lowest BCUT2D eigenvalue weighted by atomic mass is 9.94. The lowest BCUT2D eigenvalue weighted by Gasteiger charge is -2.49. The van der Waals surface area contributed by atoms with Crippen LogP contribution in [0.1, 0.15) is 27.0 Å². The van der Waals surface area contributed by atoms with Gasteiger partial charge in [0, 0.05) is 4.90 Å². The van der Waals surface area contributed by atoms with E-state index in [-0.39, 0.29) is 32.0 Å². The molecule has 2 fully saturated rings. The van der Waals surface area contributed by atoms with E-state index in [2.05, 4.69) is 5.32 Å². The van der Waals surface area contributed by atoms with E-state index in [1.807, 2.05) is 133 Å². The summed E-state index contributed by atoms with van der Waals surface area (Å²) in [5.74, 6) is -3.05. The smallest absolute Gasteiger partial charge is 0.407 e. The molecule has 6 aromatic rings. The topological polar surface area (TPSA) is 173 Å². The number of alkyl carbamates (subject to hydrolysis) is 1. The van der Waals surface area contributed by atoms with E-state index in [4.69, 9.17) is 93.8 Å². The highest BCUT2D eigenvalue weighted by Crippen LogP contribution is 2.40. The molecule has 0 bridgehead atoms. The molecule has 10 atom stereocenters. The Bertz CT molecular complexity index is 2820. The maximum absolute atomic E-state index is 14.3. The van der Waals surface area contributed by atoms with E-state index in [1.54, 1.807) is 30.3 Å². The van der Waals surface area contributed by atoms with Crippen LogP contribution in [0.25, 0.3) is 10.8 Å². The van der Waals surface area contributed by atoms with E-state index in [9.17, 15) is 19.2 Å². The molecule has 8 rings (SSSR count). The van der Waals surface area contributed by atoms with E-state index < -0.39 is 101 Å². The minimum absolute atomic E-state index is 0.0809. The number of hydrogen-bond acceptors (Lipinski definition) is 15. The SMILES string of the molecule is COC(=O)[C@H]1O[C@@H](Sc2ccccc2)[C@H](OC(=O)c2ccccc2)[C@@H](OCc2ccccc2)[C@@H]1O[C@H]1O[C@H](COCc2ccc3ccccc3c2)[C@@H](OC(=O)CCl)[C@H](OCc2ccccc2)[C@H]1NC(=O)OCC(Cl)(Cl)Cl. The third kappa shape index (κ3) is 15.8. The van der Waals surface area contributed by atoms with Crippen LogP contribution in [0.4, 0.5) is 4.79 Å². The van der Waals surface area contributed by atoms with Crippen molar-refractivity contribution in [2.45, 2.75) is 89.0 Å². The maximum Gasteiger partial charge on any atom is 0.407 e. The largest absolute Gasteiger partial charge is 0.467 e. The Morgan fingerprint density at radius 1 is 0.632 bits per heavy atom. The van der Waals surface area contributed by atoms with Crippen LogP contribution in [0.15, 0.2) is 169 Å². The molecule has 2 aliphatic rings. The van der Waals surface area contributed by atoms with Crippen LogP contribution < -0.4 is 5.32 Å². The van der Waals surface area contributed by atoms with Gasteiger partial charge in [-0.05, 0) is 57.8 Å². The summed E-state index contributed by atoms with van der Waals surface area (Å²) in [6.07, 6.45) is -12.7. The van der Waals surface area contributed by atoms with Gasteiger partial charge in [0.15, 0.2) is 24.6 Å². The zero-order valence-electron chi connectivity index (χ0n) is 40.7.